The lowest BCUT2D eigenvalue weighted by Crippen LogP contribution is -2.15. The van der Waals surface area contributed by atoms with E-state index in [0.29, 0.717) is 6.07 Å². The number of carbonyl (C=O) groups excluding carboxylic acids is 1. The number of anilines is 1. The molecule has 0 atom stereocenters. The van der Waals surface area contributed by atoms with E-state index in [1.54, 1.807) is 0 Å². The average molecular weight is 319 g/mol. The van der Waals surface area contributed by atoms with Crippen molar-refractivity contribution < 1.29 is 22.4 Å². The van der Waals surface area contributed by atoms with Crippen molar-refractivity contribution in [3.05, 3.63) is 76.1 Å². The molecule has 0 saturated carbocycles. The summed E-state index contributed by atoms with van der Waals surface area (Å²) in [6.45, 7) is 0. The van der Waals surface area contributed by atoms with Crippen LogP contribution >= 0.6 is 0 Å². The average Bonchev–Trinajstić information content (AvgIpc) is 2.49. The monoisotopic (exact) mass is 319 g/mol. The molecule has 1 heterocycles. The maximum absolute atomic E-state index is 13.5. The van der Waals surface area contributed by atoms with Crippen LogP contribution in [-0.4, -0.2) is 5.91 Å². The largest absolute Gasteiger partial charge is 0.417 e. The molecule has 2 aromatic carbocycles. The molecule has 116 valence electrons. The number of benzene rings is 2. The smallest absolute Gasteiger partial charge is 0.344 e. The van der Waals surface area contributed by atoms with E-state index in [1.165, 1.54) is 6.07 Å². The van der Waals surface area contributed by atoms with E-state index in [0.717, 1.165) is 30.3 Å². The second-order valence-electron chi connectivity index (χ2n) is 4.71. The minimum absolute atomic E-state index is 0.107. The summed E-state index contributed by atoms with van der Waals surface area (Å²) in [5.74, 6) is -3.70. The van der Waals surface area contributed by atoms with Gasteiger partial charge in [-0.25, -0.2) is 18.0 Å². The molecule has 1 N–H and O–H groups in total. The van der Waals surface area contributed by atoms with E-state index in [2.05, 4.69) is 5.32 Å². The minimum Gasteiger partial charge on any atom is -0.417 e. The summed E-state index contributed by atoms with van der Waals surface area (Å²) >= 11 is 0. The molecule has 0 aliphatic carbocycles. The Hall–Kier alpha value is -3.09. The van der Waals surface area contributed by atoms with Gasteiger partial charge in [-0.15, -0.1) is 0 Å². The fourth-order valence-electron chi connectivity index (χ4n) is 2.05. The molecule has 0 radical (unpaired) electrons. The Balaban J connectivity index is 1.99. The number of halogens is 3. The fourth-order valence-corrected chi connectivity index (χ4v) is 2.05. The Labute approximate surface area is 127 Å². The first kappa shape index (κ1) is 14.8. The van der Waals surface area contributed by atoms with Gasteiger partial charge in [0.25, 0.3) is 5.91 Å². The van der Waals surface area contributed by atoms with Crippen LogP contribution in [0.2, 0.25) is 0 Å². The SMILES string of the molecule is O=C(Nc1ccc(F)cc1F)c1cc2cc(F)ccc2c(=O)o1. The molecule has 0 bridgehead atoms. The second-order valence-corrected chi connectivity index (χ2v) is 4.71. The van der Waals surface area contributed by atoms with Crippen LogP contribution in [0, 0.1) is 17.5 Å². The third-order valence-corrected chi connectivity index (χ3v) is 3.13. The van der Waals surface area contributed by atoms with Crippen molar-refractivity contribution >= 4 is 22.4 Å². The number of hydrogen-bond donors (Lipinski definition) is 1. The highest BCUT2D eigenvalue weighted by Gasteiger charge is 2.15. The van der Waals surface area contributed by atoms with Gasteiger partial charge in [-0.1, -0.05) is 0 Å². The molecule has 1 amide bonds. The zero-order valence-corrected chi connectivity index (χ0v) is 11.4. The van der Waals surface area contributed by atoms with E-state index in [9.17, 15) is 22.8 Å². The van der Waals surface area contributed by atoms with Crippen molar-refractivity contribution in [2.75, 3.05) is 5.32 Å². The van der Waals surface area contributed by atoms with Crippen molar-refractivity contribution in [2.24, 2.45) is 0 Å². The summed E-state index contributed by atoms with van der Waals surface area (Å²) in [7, 11) is 0. The maximum atomic E-state index is 13.5. The summed E-state index contributed by atoms with van der Waals surface area (Å²) < 4.78 is 44.4. The number of rotatable bonds is 2. The van der Waals surface area contributed by atoms with Crippen LogP contribution in [0.5, 0.6) is 0 Å². The fraction of sp³-hybridized carbons (Fsp3) is 0. The summed E-state index contributed by atoms with van der Waals surface area (Å²) in [5, 5.41) is 2.43. The van der Waals surface area contributed by atoms with E-state index < -0.39 is 34.7 Å². The Kier molecular flexibility index (Phi) is 3.61. The van der Waals surface area contributed by atoms with Gasteiger partial charge >= 0.3 is 5.63 Å². The van der Waals surface area contributed by atoms with E-state index in [4.69, 9.17) is 4.42 Å². The van der Waals surface area contributed by atoms with Gasteiger partial charge in [-0.3, -0.25) is 4.79 Å². The molecular weight excluding hydrogens is 311 g/mol. The van der Waals surface area contributed by atoms with Gasteiger partial charge in [-0.2, -0.15) is 0 Å². The molecule has 3 aromatic rings. The van der Waals surface area contributed by atoms with Gasteiger partial charge in [-0.05, 0) is 41.8 Å². The first-order valence-electron chi connectivity index (χ1n) is 6.44. The topological polar surface area (TPSA) is 59.3 Å². The van der Waals surface area contributed by atoms with E-state index in [1.807, 2.05) is 0 Å². The Morgan fingerprint density at radius 1 is 0.957 bits per heavy atom. The Bertz CT molecular complexity index is 982. The molecule has 0 saturated heterocycles. The zero-order valence-electron chi connectivity index (χ0n) is 11.4. The molecule has 0 spiro atoms. The van der Waals surface area contributed by atoms with Gasteiger partial charge in [0, 0.05) is 6.07 Å². The molecule has 3 rings (SSSR count). The van der Waals surface area contributed by atoms with Crippen LogP contribution in [0.3, 0.4) is 0 Å². The summed E-state index contributed by atoms with van der Waals surface area (Å²) in [5.41, 5.74) is -1.11. The second kappa shape index (κ2) is 5.60. The summed E-state index contributed by atoms with van der Waals surface area (Å²) in [4.78, 5) is 23.8. The third-order valence-electron chi connectivity index (χ3n) is 3.13. The van der Waals surface area contributed by atoms with Gasteiger partial charge in [0.1, 0.15) is 17.5 Å². The molecule has 0 fully saturated rings. The van der Waals surface area contributed by atoms with Gasteiger partial charge < -0.3 is 9.73 Å². The minimum atomic E-state index is -0.979. The van der Waals surface area contributed by atoms with E-state index in [-0.39, 0.29) is 16.5 Å². The van der Waals surface area contributed by atoms with Gasteiger partial charge in [0.05, 0.1) is 11.1 Å². The molecule has 0 aliphatic rings. The number of hydrogen-bond acceptors (Lipinski definition) is 3. The first-order chi connectivity index (χ1) is 10.9. The van der Waals surface area contributed by atoms with Crippen LogP contribution in [0.15, 0.2) is 51.7 Å². The highest BCUT2D eigenvalue weighted by molar-refractivity contribution is 6.03. The Morgan fingerprint density at radius 3 is 2.39 bits per heavy atom. The van der Waals surface area contributed by atoms with Crippen molar-refractivity contribution in [3.63, 3.8) is 0 Å². The van der Waals surface area contributed by atoms with Crippen LogP contribution < -0.4 is 10.9 Å². The predicted octanol–water partition coefficient (Wildman–Crippen LogP) is 3.46. The number of amides is 1. The van der Waals surface area contributed by atoms with E-state index >= 15 is 0 Å². The first-order valence-corrected chi connectivity index (χ1v) is 6.44. The van der Waals surface area contributed by atoms with Crippen LogP contribution in [0.1, 0.15) is 10.6 Å². The predicted molar refractivity (Wildman–Crippen MR) is 76.8 cm³/mol. The lowest BCUT2D eigenvalue weighted by Gasteiger charge is -2.06. The lowest BCUT2D eigenvalue weighted by molar-refractivity contribution is 0.0992. The molecular formula is C16H8F3NO3. The van der Waals surface area contributed by atoms with Crippen molar-refractivity contribution in [2.45, 2.75) is 0 Å². The maximum Gasteiger partial charge on any atom is 0.344 e. The quantitative estimate of drug-likeness (QED) is 0.787. The number of fused-ring (bicyclic) bond motifs is 1. The summed E-state index contributed by atoms with van der Waals surface area (Å²) in [6, 6.07) is 7.15. The highest BCUT2D eigenvalue weighted by Crippen LogP contribution is 2.18. The lowest BCUT2D eigenvalue weighted by atomic mass is 10.1. The van der Waals surface area contributed by atoms with Crippen LogP contribution in [0.4, 0.5) is 18.9 Å². The molecule has 7 heteroatoms. The molecule has 1 aromatic heterocycles. The van der Waals surface area contributed by atoms with Crippen molar-refractivity contribution in [3.8, 4) is 0 Å². The van der Waals surface area contributed by atoms with Crippen LogP contribution in [-0.2, 0) is 0 Å². The molecule has 23 heavy (non-hydrogen) atoms. The van der Waals surface area contributed by atoms with Gasteiger partial charge in [0.15, 0.2) is 5.76 Å². The van der Waals surface area contributed by atoms with Crippen molar-refractivity contribution in [1.82, 2.24) is 0 Å². The number of nitrogens with one attached hydrogen (secondary N) is 1. The zero-order chi connectivity index (χ0) is 16.6. The van der Waals surface area contributed by atoms with Crippen LogP contribution in [0.25, 0.3) is 10.8 Å². The molecule has 4 nitrogen and oxygen atoms in total. The Morgan fingerprint density at radius 2 is 1.65 bits per heavy atom. The van der Waals surface area contributed by atoms with Crippen molar-refractivity contribution in [1.29, 1.82) is 0 Å². The molecule has 0 aliphatic heterocycles. The normalized spacial score (nSPS) is 10.7. The van der Waals surface area contributed by atoms with Gasteiger partial charge in [0.2, 0.25) is 0 Å². The highest BCUT2D eigenvalue weighted by atomic mass is 19.1. The third kappa shape index (κ3) is 2.94. The molecule has 0 unspecified atom stereocenters. The standard InChI is InChI=1S/C16H8F3NO3/c17-9-1-3-11-8(5-9)6-14(23-16(11)22)15(21)20-13-4-2-10(18)7-12(13)19/h1-7H,(H,20,21). The summed E-state index contributed by atoms with van der Waals surface area (Å²) in [6.07, 6.45) is 0. The number of carbonyl (C=O) groups is 1.